The van der Waals surface area contributed by atoms with Gasteiger partial charge in [0.25, 0.3) is 5.91 Å². The minimum Gasteiger partial charge on any atom is -0.360 e. The number of benzene rings is 1. The summed E-state index contributed by atoms with van der Waals surface area (Å²) in [5.41, 5.74) is 2.50. The fourth-order valence-corrected chi connectivity index (χ4v) is 3.79. The first-order valence-corrected chi connectivity index (χ1v) is 9.45. The number of rotatable bonds is 4. The van der Waals surface area contributed by atoms with Gasteiger partial charge in [-0.1, -0.05) is 47.0 Å². The van der Waals surface area contributed by atoms with Crippen molar-refractivity contribution >= 4 is 17.5 Å². The van der Waals surface area contributed by atoms with Crippen molar-refractivity contribution in [3.05, 3.63) is 58.1 Å². The largest absolute Gasteiger partial charge is 0.360 e. The molecule has 2 aromatic heterocycles. The summed E-state index contributed by atoms with van der Waals surface area (Å²) in [6, 6.07) is 9.12. The molecule has 0 unspecified atom stereocenters. The van der Waals surface area contributed by atoms with Crippen LogP contribution in [0.2, 0.25) is 5.02 Å². The Kier molecular flexibility index (Phi) is 4.74. The Balaban J connectivity index is 1.71. The molecule has 0 bridgehead atoms. The van der Waals surface area contributed by atoms with Crippen LogP contribution in [0, 0.1) is 6.92 Å². The van der Waals surface area contributed by atoms with E-state index in [-0.39, 0.29) is 11.9 Å². The second-order valence-corrected chi connectivity index (χ2v) is 7.08. The van der Waals surface area contributed by atoms with Gasteiger partial charge in [-0.05, 0) is 32.3 Å². The van der Waals surface area contributed by atoms with E-state index < -0.39 is 0 Å². The summed E-state index contributed by atoms with van der Waals surface area (Å²) in [6.07, 6.45) is 2.55. The average Bonchev–Trinajstić information content (AvgIpc) is 3.40. The number of amides is 1. The molecule has 0 aliphatic carbocycles. The standard InChI is InChI=1S/C20H20ClN3O3/c1-3-13-11-17(27-22-13)16-9-6-10-24(16)20(25)18-12(2)26-23-19(18)14-7-4-5-8-15(14)21/h4-5,7-8,11,16H,3,6,9-10H2,1-2H3/t16-/m1/s1. The molecule has 1 atom stereocenters. The van der Waals surface area contributed by atoms with Crippen LogP contribution in [0.5, 0.6) is 0 Å². The fraction of sp³-hybridized carbons (Fsp3) is 0.350. The van der Waals surface area contributed by atoms with E-state index in [0.29, 0.717) is 34.1 Å². The first-order chi connectivity index (χ1) is 13.1. The zero-order valence-corrected chi connectivity index (χ0v) is 16.0. The number of carbonyl (C=O) groups is 1. The van der Waals surface area contributed by atoms with Gasteiger partial charge in [-0.15, -0.1) is 0 Å². The molecule has 4 rings (SSSR count). The second-order valence-electron chi connectivity index (χ2n) is 6.67. The fourth-order valence-electron chi connectivity index (χ4n) is 3.56. The zero-order chi connectivity index (χ0) is 19.0. The highest BCUT2D eigenvalue weighted by Gasteiger charge is 2.36. The van der Waals surface area contributed by atoms with Crippen LogP contribution in [0.1, 0.15) is 53.4 Å². The van der Waals surface area contributed by atoms with Crippen LogP contribution in [0.25, 0.3) is 11.3 Å². The molecule has 3 aromatic rings. The molecule has 27 heavy (non-hydrogen) atoms. The minimum atomic E-state index is -0.126. The third-order valence-corrected chi connectivity index (χ3v) is 5.32. The van der Waals surface area contributed by atoms with Gasteiger partial charge in [0.2, 0.25) is 0 Å². The lowest BCUT2D eigenvalue weighted by atomic mass is 10.0. The Hall–Kier alpha value is -2.60. The second kappa shape index (κ2) is 7.19. The summed E-state index contributed by atoms with van der Waals surface area (Å²) >= 11 is 6.32. The molecule has 6 nitrogen and oxygen atoms in total. The number of hydrogen-bond donors (Lipinski definition) is 0. The van der Waals surface area contributed by atoms with Crippen molar-refractivity contribution in [2.24, 2.45) is 0 Å². The monoisotopic (exact) mass is 385 g/mol. The van der Waals surface area contributed by atoms with Gasteiger partial charge in [-0.2, -0.15) is 0 Å². The molecule has 3 heterocycles. The first kappa shape index (κ1) is 17.8. The number of nitrogens with zero attached hydrogens (tertiary/aromatic N) is 3. The van der Waals surface area contributed by atoms with E-state index in [1.54, 1.807) is 13.0 Å². The van der Waals surface area contributed by atoms with Gasteiger partial charge >= 0.3 is 0 Å². The molecule has 0 radical (unpaired) electrons. The molecule has 7 heteroatoms. The molecule has 1 aliphatic rings. The van der Waals surface area contributed by atoms with Crippen molar-refractivity contribution in [3.8, 4) is 11.3 Å². The van der Waals surface area contributed by atoms with Gasteiger partial charge in [0.05, 0.1) is 16.8 Å². The smallest absolute Gasteiger partial charge is 0.260 e. The summed E-state index contributed by atoms with van der Waals surface area (Å²) in [6.45, 7) is 4.42. The van der Waals surface area contributed by atoms with Crippen molar-refractivity contribution in [2.45, 2.75) is 39.2 Å². The Morgan fingerprint density at radius 1 is 1.30 bits per heavy atom. The summed E-state index contributed by atoms with van der Waals surface area (Å²) in [5, 5.41) is 8.71. The zero-order valence-electron chi connectivity index (χ0n) is 15.2. The van der Waals surface area contributed by atoms with Gasteiger partial charge < -0.3 is 13.9 Å². The summed E-state index contributed by atoms with van der Waals surface area (Å²) in [5.74, 6) is 1.08. The highest BCUT2D eigenvalue weighted by atomic mass is 35.5. The molecule has 1 aliphatic heterocycles. The van der Waals surface area contributed by atoms with Crippen LogP contribution in [0.4, 0.5) is 0 Å². The maximum Gasteiger partial charge on any atom is 0.260 e. The Morgan fingerprint density at radius 2 is 2.11 bits per heavy atom. The van der Waals surface area contributed by atoms with Crippen molar-refractivity contribution in [1.82, 2.24) is 15.2 Å². The average molecular weight is 386 g/mol. The van der Waals surface area contributed by atoms with Gasteiger partial charge in [0, 0.05) is 18.2 Å². The van der Waals surface area contributed by atoms with E-state index in [9.17, 15) is 4.79 Å². The van der Waals surface area contributed by atoms with Crippen LogP contribution in [-0.4, -0.2) is 27.7 Å². The van der Waals surface area contributed by atoms with E-state index in [1.165, 1.54) is 0 Å². The Morgan fingerprint density at radius 3 is 2.85 bits per heavy atom. The molecule has 1 fully saturated rings. The summed E-state index contributed by atoms with van der Waals surface area (Å²) < 4.78 is 10.9. The number of aryl methyl sites for hydroxylation is 2. The quantitative estimate of drug-likeness (QED) is 0.643. The van der Waals surface area contributed by atoms with E-state index in [1.807, 2.05) is 36.1 Å². The van der Waals surface area contributed by atoms with Crippen molar-refractivity contribution in [2.75, 3.05) is 6.54 Å². The van der Waals surface area contributed by atoms with Crippen LogP contribution >= 0.6 is 11.6 Å². The van der Waals surface area contributed by atoms with Gasteiger partial charge in [0.15, 0.2) is 5.76 Å². The minimum absolute atomic E-state index is 0.124. The molecule has 0 saturated carbocycles. The lowest BCUT2D eigenvalue weighted by molar-refractivity contribution is 0.0713. The predicted octanol–water partition coefficient (Wildman–Crippen LogP) is 4.83. The predicted molar refractivity (Wildman–Crippen MR) is 101 cm³/mol. The Labute approximate surface area is 162 Å². The molecular weight excluding hydrogens is 366 g/mol. The van der Waals surface area contributed by atoms with Crippen LogP contribution in [0.15, 0.2) is 39.4 Å². The van der Waals surface area contributed by atoms with Crippen molar-refractivity contribution in [3.63, 3.8) is 0 Å². The van der Waals surface area contributed by atoms with Crippen molar-refractivity contribution < 1.29 is 13.8 Å². The maximum atomic E-state index is 13.4. The topological polar surface area (TPSA) is 72.4 Å². The molecular formula is C20H20ClN3O3. The number of likely N-dealkylation sites (tertiary alicyclic amines) is 1. The molecule has 140 valence electrons. The highest BCUT2D eigenvalue weighted by Crippen LogP contribution is 2.37. The summed E-state index contributed by atoms with van der Waals surface area (Å²) in [4.78, 5) is 15.2. The van der Waals surface area contributed by atoms with E-state index in [2.05, 4.69) is 10.3 Å². The summed E-state index contributed by atoms with van der Waals surface area (Å²) in [7, 11) is 0. The normalized spacial score (nSPS) is 16.9. The number of carbonyl (C=O) groups excluding carboxylic acids is 1. The van der Waals surface area contributed by atoms with Gasteiger partial charge in [0.1, 0.15) is 17.0 Å². The molecule has 1 amide bonds. The number of aromatic nitrogens is 2. The van der Waals surface area contributed by atoms with Crippen LogP contribution in [0.3, 0.4) is 0 Å². The van der Waals surface area contributed by atoms with Crippen molar-refractivity contribution in [1.29, 1.82) is 0 Å². The highest BCUT2D eigenvalue weighted by molar-refractivity contribution is 6.33. The number of hydrogen-bond acceptors (Lipinski definition) is 5. The van der Waals surface area contributed by atoms with E-state index in [0.717, 1.165) is 30.7 Å². The molecule has 1 saturated heterocycles. The third-order valence-electron chi connectivity index (χ3n) is 4.99. The van der Waals surface area contributed by atoms with Gasteiger partial charge in [-0.3, -0.25) is 4.79 Å². The van der Waals surface area contributed by atoms with E-state index in [4.69, 9.17) is 20.6 Å². The number of halogens is 1. The van der Waals surface area contributed by atoms with Crippen LogP contribution < -0.4 is 0 Å². The van der Waals surface area contributed by atoms with E-state index >= 15 is 0 Å². The SMILES string of the molecule is CCc1cc([C@H]2CCCN2C(=O)c2c(-c3ccccc3Cl)noc2C)on1. The first-order valence-electron chi connectivity index (χ1n) is 9.07. The molecule has 0 spiro atoms. The molecule has 0 N–H and O–H groups in total. The lowest BCUT2D eigenvalue weighted by Gasteiger charge is -2.22. The third kappa shape index (κ3) is 3.14. The Bertz CT molecular complexity index is 979. The van der Waals surface area contributed by atoms with Crippen LogP contribution in [-0.2, 0) is 6.42 Å². The van der Waals surface area contributed by atoms with Gasteiger partial charge in [-0.25, -0.2) is 0 Å². The maximum absolute atomic E-state index is 13.4. The lowest BCUT2D eigenvalue weighted by Crippen LogP contribution is -2.31. The molecule has 1 aromatic carbocycles.